The van der Waals surface area contributed by atoms with Gasteiger partial charge in [-0.2, -0.15) is 0 Å². The molecule has 0 saturated heterocycles. The van der Waals surface area contributed by atoms with E-state index >= 15 is 0 Å². The van der Waals surface area contributed by atoms with Crippen LogP contribution in [0.4, 0.5) is 0 Å². The highest BCUT2D eigenvalue weighted by Crippen LogP contribution is 1.93. The Morgan fingerprint density at radius 3 is 1.06 bits per heavy atom. The Morgan fingerprint density at radius 2 is 0.941 bits per heavy atom. The first-order valence-corrected chi connectivity index (χ1v) is 5.93. The molecule has 0 aromatic heterocycles. The van der Waals surface area contributed by atoms with Gasteiger partial charge in [0.1, 0.15) is 0 Å². The molecule has 0 fully saturated rings. The van der Waals surface area contributed by atoms with Crippen LogP contribution in [0.15, 0.2) is 49.1 Å². The normalized spacial score (nSPS) is 8.88. The van der Waals surface area contributed by atoms with Crippen molar-refractivity contribution in [1.82, 2.24) is 0 Å². The lowest BCUT2D eigenvalue weighted by Gasteiger charge is -2.08. The summed E-state index contributed by atoms with van der Waals surface area (Å²) in [4.78, 5) is 9.61. The van der Waals surface area contributed by atoms with E-state index in [-0.39, 0.29) is 12.2 Å². The Hall–Kier alpha value is -1.12. The van der Waals surface area contributed by atoms with Crippen LogP contribution >= 0.6 is 0 Å². The van der Waals surface area contributed by atoms with E-state index < -0.39 is 0 Å². The maximum atomic E-state index is 4.80. The smallest absolute Gasteiger partial charge is 0.0874 e. The summed E-state index contributed by atoms with van der Waals surface area (Å²) in [5, 5.41) is 0. The van der Waals surface area contributed by atoms with Crippen molar-refractivity contribution < 1.29 is 9.78 Å². The summed E-state index contributed by atoms with van der Waals surface area (Å²) in [5.74, 6) is 0. The first-order chi connectivity index (χ1) is 8.04. The van der Waals surface area contributed by atoms with E-state index in [0.29, 0.717) is 0 Å². The summed E-state index contributed by atoms with van der Waals surface area (Å²) in [6, 6.07) is 12.0. The van der Waals surface area contributed by atoms with Gasteiger partial charge >= 0.3 is 0 Å². The van der Waals surface area contributed by atoms with Crippen molar-refractivity contribution in [3.63, 3.8) is 0 Å². The minimum Gasteiger partial charge on any atom is -0.234 e. The van der Waals surface area contributed by atoms with Gasteiger partial charge in [0.05, 0.1) is 12.2 Å². The van der Waals surface area contributed by atoms with Crippen LogP contribution in [0.1, 0.15) is 34.6 Å². The summed E-state index contributed by atoms with van der Waals surface area (Å²) in [6.07, 6.45) is 2.08. The average molecular weight is 238 g/mol. The van der Waals surface area contributed by atoms with Crippen molar-refractivity contribution in [2.75, 3.05) is 0 Å². The third kappa shape index (κ3) is 25.3. The van der Waals surface area contributed by atoms with Crippen LogP contribution in [0, 0.1) is 0 Å². The number of allylic oxidation sites excluding steroid dienone is 1. The lowest BCUT2D eigenvalue weighted by molar-refractivity contribution is -0.337. The molecular formula is C15H26O2. The average Bonchev–Trinajstić information content (AvgIpc) is 2.30. The molecule has 1 aromatic carbocycles. The lowest BCUT2D eigenvalue weighted by Crippen LogP contribution is -2.08. The fourth-order valence-corrected chi connectivity index (χ4v) is 0.607. The maximum absolute atomic E-state index is 4.80. The van der Waals surface area contributed by atoms with Gasteiger partial charge in [-0.1, -0.05) is 42.5 Å². The minimum atomic E-state index is 0.164. The van der Waals surface area contributed by atoms with Gasteiger partial charge in [0.25, 0.3) is 0 Å². The van der Waals surface area contributed by atoms with Gasteiger partial charge in [0.2, 0.25) is 0 Å². The van der Waals surface area contributed by atoms with Gasteiger partial charge in [-0.05, 0) is 34.6 Å². The molecule has 98 valence electrons. The van der Waals surface area contributed by atoms with Gasteiger partial charge < -0.3 is 0 Å². The highest BCUT2D eigenvalue weighted by atomic mass is 17.2. The van der Waals surface area contributed by atoms with E-state index in [1.165, 1.54) is 0 Å². The van der Waals surface area contributed by atoms with Crippen LogP contribution in [0.25, 0.3) is 0 Å². The van der Waals surface area contributed by atoms with Crippen molar-refractivity contribution >= 4 is 0 Å². The first kappa shape index (κ1) is 18.3. The van der Waals surface area contributed by atoms with Gasteiger partial charge in [-0.15, -0.1) is 6.58 Å². The van der Waals surface area contributed by atoms with Gasteiger partial charge in [-0.25, -0.2) is 9.78 Å². The molecule has 0 radical (unpaired) electrons. The molecule has 0 aliphatic rings. The van der Waals surface area contributed by atoms with Crippen LogP contribution in [0.5, 0.6) is 0 Å². The first-order valence-electron chi connectivity index (χ1n) is 5.93. The molecule has 0 aliphatic carbocycles. The molecule has 0 unspecified atom stereocenters. The van der Waals surface area contributed by atoms with Gasteiger partial charge in [0, 0.05) is 0 Å². The molecule has 0 heterocycles. The van der Waals surface area contributed by atoms with Crippen molar-refractivity contribution in [3.05, 3.63) is 49.1 Å². The Kier molecular flexibility index (Phi) is 16.0. The second-order valence-electron chi connectivity index (χ2n) is 3.85. The molecule has 17 heavy (non-hydrogen) atoms. The molecule has 1 aromatic rings. The summed E-state index contributed by atoms with van der Waals surface area (Å²) < 4.78 is 0. The summed E-state index contributed by atoms with van der Waals surface area (Å²) in [5.41, 5.74) is 0. The molecule has 1 rings (SSSR count). The van der Waals surface area contributed by atoms with Crippen LogP contribution in [0.3, 0.4) is 0 Å². The third-order valence-electron chi connectivity index (χ3n) is 1.11. The summed E-state index contributed by atoms with van der Waals surface area (Å²) >= 11 is 0. The highest BCUT2D eigenvalue weighted by molar-refractivity contribution is 4.99. The molecule has 0 amide bonds. The quantitative estimate of drug-likeness (QED) is 0.434. The van der Waals surface area contributed by atoms with Gasteiger partial charge in [-0.3, -0.25) is 0 Å². The van der Waals surface area contributed by atoms with E-state index in [4.69, 9.17) is 9.78 Å². The Bertz CT molecular complexity index is 195. The zero-order valence-corrected chi connectivity index (χ0v) is 11.7. The largest absolute Gasteiger partial charge is 0.234 e. The molecule has 0 aliphatic heterocycles. The third-order valence-corrected chi connectivity index (χ3v) is 1.11. The van der Waals surface area contributed by atoms with Crippen molar-refractivity contribution in [2.45, 2.75) is 46.8 Å². The summed E-state index contributed by atoms with van der Waals surface area (Å²) in [7, 11) is 0. The van der Waals surface area contributed by atoms with Crippen molar-refractivity contribution in [3.8, 4) is 0 Å². The monoisotopic (exact) mass is 238 g/mol. The second kappa shape index (κ2) is 14.9. The van der Waals surface area contributed by atoms with E-state index in [1.807, 2.05) is 71.0 Å². The zero-order chi connectivity index (χ0) is 13.5. The predicted molar refractivity (Wildman–Crippen MR) is 74.8 cm³/mol. The summed E-state index contributed by atoms with van der Waals surface area (Å²) in [6.45, 7) is 13.0. The Labute approximate surface area is 106 Å². The number of benzene rings is 1. The molecule has 2 nitrogen and oxygen atoms in total. The highest BCUT2D eigenvalue weighted by Gasteiger charge is 1.95. The Balaban J connectivity index is 0. The lowest BCUT2D eigenvalue weighted by atomic mass is 10.4. The van der Waals surface area contributed by atoms with E-state index in [2.05, 4.69) is 6.58 Å². The van der Waals surface area contributed by atoms with Crippen LogP contribution < -0.4 is 0 Å². The fraction of sp³-hybridized carbons (Fsp3) is 0.467. The van der Waals surface area contributed by atoms with Crippen LogP contribution in [0.2, 0.25) is 0 Å². The molecule has 0 spiro atoms. The number of rotatable bonds is 3. The standard InChI is InChI=1S/C6H14O2.C6H6.C3H6/c1-5(2)7-8-6(3)4;1-2-4-6-5-3-1;1-3-2/h5-6H,1-4H3;1-6H;3H,1H2,2H3. The predicted octanol–water partition coefficient (Wildman–Crippen LogP) is 4.63. The molecule has 0 atom stereocenters. The van der Waals surface area contributed by atoms with E-state index in [9.17, 15) is 0 Å². The number of hydrogen-bond acceptors (Lipinski definition) is 2. The zero-order valence-electron chi connectivity index (χ0n) is 11.7. The minimum absolute atomic E-state index is 0.164. The molecule has 2 heteroatoms. The van der Waals surface area contributed by atoms with Gasteiger partial charge in [0.15, 0.2) is 0 Å². The van der Waals surface area contributed by atoms with Crippen LogP contribution in [-0.4, -0.2) is 12.2 Å². The molecule has 0 N–H and O–H groups in total. The number of hydrogen-bond donors (Lipinski definition) is 0. The topological polar surface area (TPSA) is 18.5 Å². The van der Waals surface area contributed by atoms with Crippen molar-refractivity contribution in [2.24, 2.45) is 0 Å². The molecule has 0 saturated carbocycles. The van der Waals surface area contributed by atoms with Crippen LogP contribution in [-0.2, 0) is 9.78 Å². The van der Waals surface area contributed by atoms with Crippen molar-refractivity contribution in [1.29, 1.82) is 0 Å². The fourth-order valence-electron chi connectivity index (χ4n) is 0.607. The maximum Gasteiger partial charge on any atom is 0.0874 e. The van der Waals surface area contributed by atoms with E-state index in [1.54, 1.807) is 6.08 Å². The second-order valence-corrected chi connectivity index (χ2v) is 3.85. The SMILES string of the molecule is C=CC.CC(C)OOC(C)C.c1ccccc1. The molecular weight excluding hydrogens is 212 g/mol. The van der Waals surface area contributed by atoms with E-state index in [0.717, 1.165) is 0 Å². The molecule has 0 bridgehead atoms. The Morgan fingerprint density at radius 1 is 0.765 bits per heavy atom.